The molecular weight excluding hydrogens is 439 g/mol. The van der Waals surface area contributed by atoms with Crippen LogP contribution in [0.15, 0.2) is 51.7 Å². The number of halogens is 3. The fourth-order valence-electron chi connectivity index (χ4n) is 3.01. The van der Waals surface area contributed by atoms with Crippen LogP contribution >= 0.6 is 34.8 Å². The van der Waals surface area contributed by atoms with Gasteiger partial charge in [0, 0.05) is 17.0 Å². The Morgan fingerprint density at radius 3 is 2.66 bits per heavy atom. The first kappa shape index (κ1) is 19.5. The standard InChI is InChI=1S/C20H11Cl3N2O4/c21-15-17(24)16(22)19(23)25-18(15)20(27)28-8-10-7-13(26)29-12-6-5-9-3-1-2-4-11(9)14(10)12/h1-7H,8H2,(H2,24,25). The molecule has 0 radical (unpaired) electrons. The molecule has 4 aromatic rings. The molecule has 0 amide bonds. The number of pyridine rings is 1. The minimum atomic E-state index is -0.859. The fourth-order valence-corrected chi connectivity index (χ4v) is 3.60. The van der Waals surface area contributed by atoms with Gasteiger partial charge in [-0.25, -0.2) is 14.6 Å². The molecule has 0 fully saturated rings. The predicted molar refractivity (Wildman–Crippen MR) is 113 cm³/mol. The third kappa shape index (κ3) is 3.51. The Balaban J connectivity index is 1.75. The van der Waals surface area contributed by atoms with Crippen molar-refractivity contribution in [2.24, 2.45) is 0 Å². The summed E-state index contributed by atoms with van der Waals surface area (Å²) in [6.45, 7) is -0.215. The van der Waals surface area contributed by atoms with Gasteiger partial charge in [-0.05, 0) is 16.8 Å². The summed E-state index contributed by atoms with van der Waals surface area (Å²) < 4.78 is 10.6. The molecule has 0 aliphatic carbocycles. The fraction of sp³-hybridized carbons (Fsp3) is 0.0500. The Kier molecular flexibility index (Phi) is 5.08. The van der Waals surface area contributed by atoms with E-state index in [1.54, 1.807) is 6.07 Å². The molecule has 0 bridgehead atoms. The van der Waals surface area contributed by atoms with Crippen molar-refractivity contribution >= 4 is 68.2 Å². The molecule has 0 atom stereocenters. The van der Waals surface area contributed by atoms with E-state index >= 15 is 0 Å². The molecule has 4 rings (SSSR count). The Hall–Kier alpha value is -2.80. The third-order valence-corrected chi connectivity index (χ3v) is 5.47. The lowest BCUT2D eigenvalue weighted by atomic mass is 10.0. The van der Waals surface area contributed by atoms with Gasteiger partial charge in [-0.15, -0.1) is 0 Å². The molecule has 0 spiro atoms. The monoisotopic (exact) mass is 448 g/mol. The molecule has 0 saturated heterocycles. The van der Waals surface area contributed by atoms with Gasteiger partial charge in [0.2, 0.25) is 0 Å². The summed E-state index contributed by atoms with van der Waals surface area (Å²) in [5, 5.41) is 2.09. The first-order valence-corrected chi connectivity index (χ1v) is 9.41. The Bertz CT molecular complexity index is 1350. The molecule has 2 N–H and O–H groups in total. The zero-order valence-corrected chi connectivity index (χ0v) is 16.8. The molecule has 0 aliphatic heterocycles. The van der Waals surface area contributed by atoms with E-state index in [0.717, 1.165) is 10.8 Å². The number of esters is 1. The van der Waals surface area contributed by atoms with Crippen LogP contribution in [0.2, 0.25) is 15.2 Å². The lowest BCUT2D eigenvalue weighted by molar-refractivity contribution is 0.0467. The van der Waals surface area contributed by atoms with Crippen molar-refractivity contribution in [1.82, 2.24) is 4.98 Å². The molecule has 0 saturated carbocycles. The summed E-state index contributed by atoms with van der Waals surface area (Å²) in [6.07, 6.45) is 0. The molecule has 2 aromatic heterocycles. The van der Waals surface area contributed by atoms with Gasteiger partial charge < -0.3 is 14.9 Å². The lowest BCUT2D eigenvalue weighted by Crippen LogP contribution is -2.11. The number of hydrogen-bond donors (Lipinski definition) is 1. The maximum Gasteiger partial charge on any atom is 0.358 e. The highest BCUT2D eigenvalue weighted by Gasteiger charge is 2.21. The Morgan fingerprint density at radius 1 is 1.10 bits per heavy atom. The highest BCUT2D eigenvalue weighted by Crippen LogP contribution is 2.35. The lowest BCUT2D eigenvalue weighted by Gasteiger charge is -2.11. The van der Waals surface area contributed by atoms with E-state index in [9.17, 15) is 9.59 Å². The topological polar surface area (TPSA) is 95.4 Å². The number of carbonyl (C=O) groups excluding carboxylic acids is 1. The molecule has 6 nitrogen and oxygen atoms in total. The Morgan fingerprint density at radius 2 is 1.86 bits per heavy atom. The van der Waals surface area contributed by atoms with Crippen LogP contribution in [0, 0.1) is 0 Å². The van der Waals surface area contributed by atoms with Crippen LogP contribution in [0.4, 0.5) is 5.69 Å². The molecule has 146 valence electrons. The second-order valence-corrected chi connectivity index (χ2v) is 7.23. The SMILES string of the molecule is Nc1c(Cl)c(Cl)nc(C(=O)OCc2cc(=O)oc3ccc4ccccc4c23)c1Cl. The minimum Gasteiger partial charge on any atom is -0.456 e. The maximum absolute atomic E-state index is 12.5. The van der Waals surface area contributed by atoms with Gasteiger partial charge in [-0.1, -0.05) is 65.1 Å². The van der Waals surface area contributed by atoms with Crippen LogP contribution in [-0.2, 0) is 11.3 Å². The summed E-state index contributed by atoms with van der Waals surface area (Å²) in [5.41, 5.74) is 5.70. The van der Waals surface area contributed by atoms with E-state index in [4.69, 9.17) is 49.7 Å². The van der Waals surface area contributed by atoms with Gasteiger partial charge in [-0.2, -0.15) is 0 Å². The zero-order chi connectivity index (χ0) is 20.7. The van der Waals surface area contributed by atoms with Crippen LogP contribution in [-0.4, -0.2) is 11.0 Å². The van der Waals surface area contributed by atoms with Gasteiger partial charge in [0.25, 0.3) is 0 Å². The highest BCUT2D eigenvalue weighted by molar-refractivity contribution is 6.46. The van der Waals surface area contributed by atoms with Gasteiger partial charge in [0.15, 0.2) is 10.8 Å². The third-order valence-electron chi connectivity index (χ3n) is 4.34. The van der Waals surface area contributed by atoms with Crippen LogP contribution in [0.25, 0.3) is 21.7 Å². The summed E-state index contributed by atoms with van der Waals surface area (Å²) in [6, 6.07) is 12.4. The van der Waals surface area contributed by atoms with Crippen molar-refractivity contribution in [3.63, 3.8) is 0 Å². The van der Waals surface area contributed by atoms with E-state index in [0.29, 0.717) is 16.5 Å². The number of aromatic nitrogens is 1. The summed E-state index contributed by atoms with van der Waals surface area (Å²) in [7, 11) is 0. The van der Waals surface area contributed by atoms with Crippen LogP contribution < -0.4 is 11.4 Å². The number of nitrogens with two attached hydrogens (primary N) is 1. The number of rotatable bonds is 3. The van der Waals surface area contributed by atoms with Crippen molar-refractivity contribution in [3.8, 4) is 0 Å². The molecular formula is C20H11Cl3N2O4. The second-order valence-electron chi connectivity index (χ2n) is 6.12. The number of carbonyl (C=O) groups is 1. The smallest absolute Gasteiger partial charge is 0.358 e. The molecule has 0 unspecified atom stereocenters. The minimum absolute atomic E-state index is 0.0497. The summed E-state index contributed by atoms with van der Waals surface area (Å²) in [5.74, 6) is -0.859. The van der Waals surface area contributed by atoms with Crippen LogP contribution in [0.5, 0.6) is 0 Å². The van der Waals surface area contributed by atoms with Crippen molar-refractivity contribution in [2.45, 2.75) is 6.61 Å². The first-order chi connectivity index (χ1) is 13.9. The van der Waals surface area contributed by atoms with E-state index in [1.807, 2.05) is 30.3 Å². The number of nitrogen functional groups attached to an aromatic ring is 1. The maximum atomic E-state index is 12.5. The van der Waals surface area contributed by atoms with Gasteiger partial charge in [-0.3, -0.25) is 0 Å². The molecule has 2 aromatic carbocycles. The van der Waals surface area contributed by atoms with E-state index < -0.39 is 11.6 Å². The Labute approximate surface area is 178 Å². The van der Waals surface area contributed by atoms with Crippen molar-refractivity contribution < 1.29 is 13.9 Å². The first-order valence-electron chi connectivity index (χ1n) is 8.28. The van der Waals surface area contributed by atoms with E-state index in [2.05, 4.69) is 4.98 Å². The number of benzene rings is 2. The normalized spacial score (nSPS) is 11.1. The zero-order valence-electron chi connectivity index (χ0n) is 14.5. The molecule has 0 aliphatic rings. The van der Waals surface area contributed by atoms with Crippen LogP contribution in [0.1, 0.15) is 16.1 Å². The summed E-state index contributed by atoms with van der Waals surface area (Å²) in [4.78, 5) is 28.3. The van der Waals surface area contributed by atoms with Crippen molar-refractivity contribution in [3.05, 3.63) is 79.3 Å². The number of ether oxygens (including phenoxy) is 1. The second kappa shape index (κ2) is 7.55. The number of fused-ring (bicyclic) bond motifs is 3. The molecule has 9 heteroatoms. The predicted octanol–water partition coefficient (Wildman–Crippen LogP) is 5.24. The number of anilines is 1. The van der Waals surface area contributed by atoms with Gasteiger partial charge >= 0.3 is 11.6 Å². The average molecular weight is 450 g/mol. The van der Waals surface area contributed by atoms with Gasteiger partial charge in [0.1, 0.15) is 17.2 Å². The van der Waals surface area contributed by atoms with Crippen molar-refractivity contribution in [1.29, 1.82) is 0 Å². The van der Waals surface area contributed by atoms with Crippen LogP contribution in [0.3, 0.4) is 0 Å². The van der Waals surface area contributed by atoms with Gasteiger partial charge in [0.05, 0.1) is 10.7 Å². The largest absolute Gasteiger partial charge is 0.456 e. The quantitative estimate of drug-likeness (QED) is 0.199. The molecule has 2 heterocycles. The number of nitrogens with zero attached hydrogens (tertiary/aromatic N) is 1. The highest BCUT2D eigenvalue weighted by atomic mass is 35.5. The van der Waals surface area contributed by atoms with E-state index in [1.165, 1.54) is 6.07 Å². The number of hydrogen-bond acceptors (Lipinski definition) is 6. The van der Waals surface area contributed by atoms with E-state index in [-0.39, 0.29) is 33.2 Å². The van der Waals surface area contributed by atoms with Crippen molar-refractivity contribution in [2.75, 3.05) is 5.73 Å². The summed E-state index contributed by atoms with van der Waals surface area (Å²) >= 11 is 17.8. The molecule has 29 heavy (non-hydrogen) atoms. The average Bonchev–Trinajstić information content (AvgIpc) is 2.72.